The first-order valence-electron chi connectivity index (χ1n) is 7.57. The summed E-state index contributed by atoms with van der Waals surface area (Å²) in [5.41, 5.74) is 3.39. The van der Waals surface area contributed by atoms with E-state index in [0.29, 0.717) is 6.04 Å². The number of nitrogens with zero attached hydrogens (tertiary/aromatic N) is 2. The molecular weight excluding hydrogens is 246 g/mol. The molecule has 1 aliphatic heterocycles. The summed E-state index contributed by atoms with van der Waals surface area (Å²) in [6, 6.07) is 11.2. The zero-order chi connectivity index (χ0) is 13.9. The van der Waals surface area contributed by atoms with Gasteiger partial charge in [-0.15, -0.1) is 0 Å². The Labute approximate surface area is 120 Å². The molecule has 1 aromatic heterocycles. The van der Waals surface area contributed by atoms with E-state index in [4.69, 9.17) is 5.26 Å². The molecule has 104 valence electrons. The van der Waals surface area contributed by atoms with E-state index in [1.807, 2.05) is 12.1 Å². The highest BCUT2D eigenvalue weighted by Crippen LogP contribution is 2.23. The zero-order valence-corrected chi connectivity index (χ0v) is 12.0. The molecule has 1 aliphatic rings. The molecule has 0 radical (unpaired) electrons. The second-order valence-corrected chi connectivity index (χ2v) is 5.60. The largest absolute Gasteiger partial charge is 0.345 e. The molecule has 3 heteroatoms. The number of benzene rings is 1. The molecule has 20 heavy (non-hydrogen) atoms. The lowest BCUT2D eigenvalue weighted by atomic mass is 10.1. The van der Waals surface area contributed by atoms with Gasteiger partial charge in [0.25, 0.3) is 0 Å². The second kappa shape index (κ2) is 5.68. The second-order valence-electron chi connectivity index (χ2n) is 5.60. The van der Waals surface area contributed by atoms with Crippen LogP contribution < -0.4 is 5.32 Å². The van der Waals surface area contributed by atoms with Gasteiger partial charge in [-0.3, -0.25) is 0 Å². The smallest absolute Gasteiger partial charge is 0.0991 e. The van der Waals surface area contributed by atoms with Crippen LogP contribution in [0.15, 0.2) is 24.3 Å². The van der Waals surface area contributed by atoms with E-state index in [2.05, 4.69) is 35.0 Å². The van der Waals surface area contributed by atoms with Crippen LogP contribution in [-0.4, -0.2) is 17.2 Å². The molecule has 2 heterocycles. The van der Waals surface area contributed by atoms with Crippen molar-refractivity contribution >= 4 is 10.9 Å². The Bertz CT molecular complexity index is 642. The number of aromatic nitrogens is 1. The topological polar surface area (TPSA) is 40.8 Å². The lowest BCUT2D eigenvalue weighted by Crippen LogP contribution is -2.22. The minimum atomic E-state index is 0.688. The number of nitrogens with one attached hydrogen (secondary N) is 1. The highest BCUT2D eigenvalue weighted by molar-refractivity contribution is 5.82. The van der Waals surface area contributed by atoms with Crippen molar-refractivity contribution < 1.29 is 0 Å². The molecule has 0 amide bonds. The van der Waals surface area contributed by atoms with E-state index in [0.717, 1.165) is 18.5 Å². The molecule has 1 saturated heterocycles. The maximum atomic E-state index is 9.01. The molecule has 1 aromatic carbocycles. The molecule has 0 spiro atoms. The third-order valence-electron chi connectivity index (χ3n) is 4.34. The Morgan fingerprint density at radius 2 is 2.30 bits per heavy atom. The van der Waals surface area contributed by atoms with Gasteiger partial charge in [-0.2, -0.15) is 5.26 Å². The highest BCUT2D eigenvalue weighted by atomic mass is 15.0. The van der Waals surface area contributed by atoms with Crippen LogP contribution in [0.2, 0.25) is 0 Å². The predicted octanol–water partition coefficient (Wildman–Crippen LogP) is 3.22. The van der Waals surface area contributed by atoms with Crippen molar-refractivity contribution in [2.45, 2.75) is 45.2 Å². The van der Waals surface area contributed by atoms with E-state index in [1.54, 1.807) is 0 Å². The normalized spacial score (nSPS) is 18.5. The quantitative estimate of drug-likeness (QED) is 0.924. The van der Waals surface area contributed by atoms with Crippen LogP contribution in [0.1, 0.15) is 37.4 Å². The lowest BCUT2D eigenvalue weighted by molar-refractivity contribution is 0.547. The Morgan fingerprint density at radius 3 is 3.00 bits per heavy atom. The Balaban J connectivity index is 1.87. The van der Waals surface area contributed by atoms with Gasteiger partial charge in [-0.1, -0.05) is 0 Å². The van der Waals surface area contributed by atoms with E-state index in [-0.39, 0.29) is 0 Å². The Morgan fingerprint density at radius 1 is 1.40 bits per heavy atom. The molecule has 3 nitrogen and oxygen atoms in total. The molecule has 0 bridgehead atoms. The van der Waals surface area contributed by atoms with Crippen molar-refractivity contribution in [2.75, 3.05) is 6.54 Å². The number of nitriles is 1. The molecule has 0 aliphatic carbocycles. The summed E-state index contributed by atoms with van der Waals surface area (Å²) in [5, 5.41) is 13.8. The van der Waals surface area contributed by atoms with Gasteiger partial charge in [0.05, 0.1) is 11.6 Å². The fraction of sp³-hybridized carbons (Fsp3) is 0.471. The summed E-state index contributed by atoms with van der Waals surface area (Å²) in [6.07, 6.45) is 4.95. The molecule has 1 N–H and O–H groups in total. The van der Waals surface area contributed by atoms with Gasteiger partial charge >= 0.3 is 0 Å². The van der Waals surface area contributed by atoms with Gasteiger partial charge in [0.15, 0.2) is 0 Å². The van der Waals surface area contributed by atoms with Crippen LogP contribution >= 0.6 is 0 Å². The number of hydrogen-bond acceptors (Lipinski definition) is 2. The summed E-state index contributed by atoms with van der Waals surface area (Å²) in [7, 11) is 0. The van der Waals surface area contributed by atoms with E-state index >= 15 is 0 Å². The van der Waals surface area contributed by atoms with E-state index in [9.17, 15) is 0 Å². The van der Waals surface area contributed by atoms with Crippen molar-refractivity contribution in [3.8, 4) is 6.07 Å². The van der Waals surface area contributed by atoms with Gasteiger partial charge in [-0.05, 0) is 63.4 Å². The minimum absolute atomic E-state index is 0.688. The van der Waals surface area contributed by atoms with Crippen LogP contribution in [0.4, 0.5) is 0 Å². The van der Waals surface area contributed by atoms with Crippen LogP contribution in [-0.2, 0) is 13.0 Å². The number of hydrogen-bond donors (Lipinski definition) is 1. The monoisotopic (exact) mass is 267 g/mol. The zero-order valence-electron chi connectivity index (χ0n) is 12.0. The van der Waals surface area contributed by atoms with Crippen molar-refractivity contribution in [1.82, 2.24) is 9.88 Å². The molecule has 3 rings (SSSR count). The predicted molar refractivity (Wildman–Crippen MR) is 81.7 cm³/mol. The maximum absolute atomic E-state index is 9.01. The fourth-order valence-electron chi connectivity index (χ4n) is 3.30. The summed E-state index contributed by atoms with van der Waals surface area (Å²) in [6.45, 7) is 4.35. The summed E-state index contributed by atoms with van der Waals surface area (Å²) in [5.74, 6) is 0. The molecule has 1 atom stereocenters. The van der Waals surface area contributed by atoms with Gasteiger partial charge < -0.3 is 9.88 Å². The molecule has 1 fully saturated rings. The van der Waals surface area contributed by atoms with Gasteiger partial charge in [-0.25, -0.2) is 0 Å². The van der Waals surface area contributed by atoms with Crippen LogP contribution in [0.25, 0.3) is 10.9 Å². The minimum Gasteiger partial charge on any atom is -0.345 e. The third-order valence-corrected chi connectivity index (χ3v) is 4.34. The molecule has 0 saturated carbocycles. The van der Waals surface area contributed by atoms with Crippen LogP contribution in [0.5, 0.6) is 0 Å². The number of rotatable bonds is 4. The van der Waals surface area contributed by atoms with Crippen molar-refractivity contribution in [2.24, 2.45) is 0 Å². The molecule has 2 aromatic rings. The average Bonchev–Trinajstić information content (AvgIpc) is 3.10. The SMILES string of the molecule is CCn1c(CC[C@@H]2CCCN2)cc2cc(C#N)ccc21. The summed E-state index contributed by atoms with van der Waals surface area (Å²) < 4.78 is 2.38. The summed E-state index contributed by atoms with van der Waals surface area (Å²) >= 11 is 0. The highest BCUT2D eigenvalue weighted by Gasteiger charge is 2.15. The fourth-order valence-corrected chi connectivity index (χ4v) is 3.30. The molecule has 0 unspecified atom stereocenters. The van der Waals surface area contributed by atoms with E-state index in [1.165, 1.54) is 42.4 Å². The lowest BCUT2D eigenvalue weighted by Gasteiger charge is -2.12. The van der Waals surface area contributed by atoms with Gasteiger partial charge in [0.2, 0.25) is 0 Å². The standard InChI is InChI=1S/C17H21N3/c1-2-20-16(7-6-15-4-3-9-19-15)11-14-10-13(12-18)5-8-17(14)20/h5,8,10-11,15,19H,2-4,6-7,9H2,1H3/t15-/m0/s1. The first-order chi connectivity index (χ1) is 9.81. The van der Waals surface area contributed by atoms with Crippen LogP contribution in [0, 0.1) is 11.3 Å². The summed E-state index contributed by atoms with van der Waals surface area (Å²) in [4.78, 5) is 0. The van der Waals surface area contributed by atoms with Gasteiger partial charge in [0.1, 0.15) is 0 Å². The van der Waals surface area contributed by atoms with Crippen molar-refractivity contribution in [3.05, 3.63) is 35.5 Å². The third kappa shape index (κ3) is 2.44. The van der Waals surface area contributed by atoms with E-state index < -0.39 is 0 Å². The number of fused-ring (bicyclic) bond motifs is 1. The van der Waals surface area contributed by atoms with Crippen molar-refractivity contribution in [3.63, 3.8) is 0 Å². The maximum Gasteiger partial charge on any atom is 0.0991 e. The first kappa shape index (κ1) is 13.2. The van der Waals surface area contributed by atoms with Crippen molar-refractivity contribution in [1.29, 1.82) is 5.26 Å². The average molecular weight is 267 g/mol. The Hall–Kier alpha value is -1.79. The number of aryl methyl sites for hydroxylation is 2. The first-order valence-corrected chi connectivity index (χ1v) is 7.57. The van der Waals surface area contributed by atoms with Crippen LogP contribution in [0.3, 0.4) is 0 Å². The molecular formula is C17H21N3. The Kier molecular flexibility index (Phi) is 3.75. The van der Waals surface area contributed by atoms with Gasteiger partial charge in [0, 0.05) is 29.2 Å².